The third-order valence-corrected chi connectivity index (χ3v) is 3.61. The molecule has 0 aliphatic heterocycles. The normalized spacial score (nSPS) is 11.4. The third-order valence-electron chi connectivity index (χ3n) is 3.61. The van der Waals surface area contributed by atoms with Gasteiger partial charge in [-0.2, -0.15) is 0 Å². The Balaban J connectivity index is 1.94. The summed E-state index contributed by atoms with van der Waals surface area (Å²) in [6.45, 7) is 1.65. The number of carboxylic acid groups (broad SMARTS) is 1. The number of carbonyl (C=O) groups is 3. The molecule has 0 aliphatic carbocycles. The van der Waals surface area contributed by atoms with E-state index < -0.39 is 17.9 Å². The number of aryl methyl sites for hydroxylation is 1. The molecule has 0 heterocycles. The lowest BCUT2D eigenvalue weighted by Gasteiger charge is -2.17. The first-order valence-corrected chi connectivity index (χ1v) is 7.86. The number of aliphatic carboxylic acids is 1. The second-order valence-electron chi connectivity index (χ2n) is 5.68. The van der Waals surface area contributed by atoms with Crippen LogP contribution in [0.15, 0.2) is 54.6 Å². The van der Waals surface area contributed by atoms with E-state index in [-0.39, 0.29) is 18.9 Å². The summed E-state index contributed by atoms with van der Waals surface area (Å²) in [5, 5.41) is 14.2. The summed E-state index contributed by atoms with van der Waals surface area (Å²) in [6, 6.07) is 15.2. The van der Waals surface area contributed by atoms with Crippen molar-refractivity contribution in [1.82, 2.24) is 10.6 Å². The van der Waals surface area contributed by atoms with Gasteiger partial charge in [0.05, 0.1) is 19.0 Å². The molecule has 2 aromatic carbocycles. The zero-order valence-corrected chi connectivity index (χ0v) is 13.9. The number of hydrogen-bond acceptors (Lipinski definition) is 3. The van der Waals surface area contributed by atoms with E-state index in [9.17, 15) is 14.4 Å². The third kappa shape index (κ3) is 5.76. The Bertz CT molecular complexity index is 759. The Morgan fingerprint density at radius 1 is 1.04 bits per heavy atom. The highest BCUT2D eigenvalue weighted by molar-refractivity contribution is 5.96. The molecule has 0 saturated heterocycles. The van der Waals surface area contributed by atoms with Gasteiger partial charge < -0.3 is 15.7 Å². The van der Waals surface area contributed by atoms with E-state index >= 15 is 0 Å². The summed E-state index contributed by atoms with van der Waals surface area (Å²) >= 11 is 0. The van der Waals surface area contributed by atoms with Gasteiger partial charge in [0, 0.05) is 5.56 Å². The second-order valence-corrected chi connectivity index (χ2v) is 5.68. The molecule has 2 amide bonds. The fraction of sp³-hybridized carbons (Fsp3) is 0.211. The molecular formula is C19H20N2O4. The van der Waals surface area contributed by atoms with Crippen LogP contribution in [0.1, 0.15) is 33.9 Å². The van der Waals surface area contributed by atoms with Gasteiger partial charge in [0.15, 0.2) is 0 Å². The molecule has 3 N–H and O–H groups in total. The molecule has 6 heteroatoms. The van der Waals surface area contributed by atoms with Crippen LogP contribution in [0.4, 0.5) is 0 Å². The van der Waals surface area contributed by atoms with Crippen molar-refractivity contribution in [2.75, 3.05) is 6.54 Å². The Hall–Kier alpha value is -3.15. The SMILES string of the molecule is Cc1cccc(C(=O)NCC(=O)NC(CC(=O)O)c2ccccc2)c1. The van der Waals surface area contributed by atoms with Crippen LogP contribution in [0.5, 0.6) is 0 Å². The summed E-state index contributed by atoms with van der Waals surface area (Å²) in [4.78, 5) is 35.2. The highest BCUT2D eigenvalue weighted by Crippen LogP contribution is 2.16. The average molecular weight is 340 g/mol. The predicted molar refractivity (Wildman–Crippen MR) is 93.1 cm³/mol. The van der Waals surface area contributed by atoms with Crippen molar-refractivity contribution in [3.05, 3.63) is 71.3 Å². The van der Waals surface area contributed by atoms with E-state index in [1.165, 1.54) is 0 Å². The summed E-state index contributed by atoms with van der Waals surface area (Å²) < 4.78 is 0. The molecule has 0 bridgehead atoms. The Morgan fingerprint density at radius 2 is 1.76 bits per heavy atom. The van der Waals surface area contributed by atoms with Crippen molar-refractivity contribution in [1.29, 1.82) is 0 Å². The summed E-state index contributed by atoms with van der Waals surface area (Å²) in [5.74, 6) is -1.82. The molecule has 1 unspecified atom stereocenters. The minimum atomic E-state index is -1.02. The van der Waals surface area contributed by atoms with Gasteiger partial charge in [-0.15, -0.1) is 0 Å². The fourth-order valence-corrected chi connectivity index (χ4v) is 2.41. The van der Waals surface area contributed by atoms with E-state index in [0.29, 0.717) is 11.1 Å². The van der Waals surface area contributed by atoms with E-state index in [2.05, 4.69) is 10.6 Å². The van der Waals surface area contributed by atoms with Crippen LogP contribution in [-0.4, -0.2) is 29.4 Å². The maximum atomic E-state index is 12.1. The smallest absolute Gasteiger partial charge is 0.305 e. The Morgan fingerprint density at radius 3 is 2.40 bits per heavy atom. The highest BCUT2D eigenvalue weighted by atomic mass is 16.4. The van der Waals surface area contributed by atoms with Gasteiger partial charge in [0.25, 0.3) is 5.91 Å². The van der Waals surface area contributed by atoms with Crippen LogP contribution >= 0.6 is 0 Å². The van der Waals surface area contributed by atoms with Crippen LogP contribution in [-0.2, 0) is 9.59 Å². The zero-order valence-electron chi connectivity index (χ0n) is 13.9. The fourth-order valence-electron chi connectivity index (χ4n) is 2.41. The summed E-state index contributed by atoms with van der Waals surface area (Å²) in [6.07, 6.45) is -0.235. The molecule has 1 atom stereocenters. The van der Waals surface area contributed by atoms with Gasteiger partial charge in [-0.3, -0.25) is 14.4 Å². The molecular weight excluding hydrogens is 320 g/mol. The van der Waals surface area contributed by atoms with Crippen LogP contribution in [0.3, 0.4) is 0 Å². The summed E-state index contributed by atoms with van der Waals surface area (Å²) in [5.41, 5.74) is 2.11. The average Bonchev–Trinajstić information content (AvgIpc) is 2.59. The number of hydrogen-bond donors (Lipinski definition) is 3. The molecule has 130 valence electrons. The number of rotatable bonds is 7. The molecule has 0 radical (unpaired) electrons. The lowest BCUT2D eigenvalue weighted by Crippen LogP contribution is -2.39. The molecule has 2 aromatic rings. The topological polar surface area (TPSA) is 95.5 Å². The van der Waals surface area contributed by atoms with Gasteiger partial charge in [-0.25, -0.2) is 0 Å². The summed E-state index contributed by atoms with van der Waals surface area (Å²) in [7, 11) is 0. The number of benzene rings is 2. The molecule has 25 heavy (non-hydrogen) atoms. The van der Waals surface area contributed by atoms with Crippen molar-refractivity contribution in [2.45, 2.75) is 19.4 Å². The second kappa shape index (κ2) is 8.63. The lowest BCUT2D eigenvalue weighted by atomic mass is 10.0. The highest BCUT2D eigenvalue weighted by Gasteiger charge is 2.18. The van der Waals surface area contributed by atoms with Crippen LogP contribution in [0.2, 0.25) is 0 Å². The predicted octanol–water partition coefficient (Wildman–Crippen LogP) is 2.06. The minimum Gasteiger partial charge on any atom is -0.481 e. The monoisotopic (exact) mass is 340 g/mol. The van der Waals surface area contributed by atoms with Crippen molar-refractivity contribution in [3.8, 4) is 0 Å². The lowest BCUT2D eigenvalue weighted by molar-refractivity contribution is -0.137. The van der Waals surface area contributed by atoms with Gasteiger partial charge in [-0.05, 0) is 24.6 Å². The van der Waals surface area contributed by atoms with Gasteiger partial charge in [0.1, 0.15) is 0 Å². The number of nitrogens with one attached hydrogen (secondary N) is 2. The quantitative estimate of drug-likeness (QED) is 0.719. The molecule has 0 saturated carbocycles. The van der Waals surface area contributed by atoms with Crippen LogP contribution in [0.25, 0.3) is 0 Å². The molecule has 0 aliphatic rings. The van der Waals surface area contributed by atoms with Gasteiger partial charge in [-0.1, -0.05) is 48.0 Å². The zero-order chi connectivity index (χ0) is 18.2. The van der Waals surface area contributed by atoms with E-state index in [4.69, 9.17) is 5.11 Å². The van der Waals surface area contributed by atoms with Crippen LogP contribution in [0, 0.1) is 6.92 Å². The van der Waals surface area contributed by atoms with Crippen molar-refractivity contribution >= 4 is 17.8 Å². The van der Waals surface area contributed by atoms with Crippen molar-refractivity contribution in [2.24, 2.45) is 0 Å². The van der Waals surface area contributed by atoms with E-state index in [0.717, 1.165) is 5.56 Å². The van der Waals surface area contributed by atoms with E-state index in [1.807, 2.05) is 19.1 Å². The largest absolute Gasteiger partial charge is 0.481 e. The van der Waals surface area contributed by atoms with Crippen LogP contribution < -0.4 is 10.6 Å². The van der Waals surface area contributed by atoms with Gasteiger partial charge >= 0.3 is 5.97 Å². The van der Waals surface area contributed by atoms with Gasteiger partial charge in [0.2, 0.25) is 5.91 Å². The first-order valence-electron chi connectivity index (χ1n) is 7.86. The maximum Gasteiger partial charge on any atom is 0.305 e. The minimum absolute atomic E-state index is 0.226. The Labute approximate surface area is 145 Å². The van der Waals surface area contributed by atoms with E-state index in [1.54, 1.807) is 42.5 Å². The first-order chi connectivity index (χ1) is 12.0. The first kappa shape index (κ1) is 18.2. The Kier molecular flexibility index (Phi) is 6.28. The molecule has 0 aromatic heterocycles. The number of carbonyl (C=O) groups excluding carboxylic acids is 2. The standard InChI is InChI=1S/C19H20N2O4/c1-13-6-5-9-15(10-13)19(25)20-12-17(22)21-16(11-18(23)24)14-7-3-2-4-8-14/h2-10,16H,11-12H2,1H3,(H,20,25)(H,21,22)(H,23,24). The molecule has 2 rings (SSSR count). The molecule has 0 spiro atoms. The number of amides is 2. The molecule has 6 nitrogen and oxygen atoms in total. The molecule has 0 fully saturated rings. The van der Waals surface area contributed by atoms with Crippen molar-refractivity contribution < 1.29 is 19.5 Å². The van der Waals surface area contributed by atoms with Crippen molar-refractivity contribution in [3.63, 3.8) is 0 Å². The maximum absolute atomic E-state index is 12.1. The number of carboxylic acids is 1.